The summed E-state index contributed by atoms with van der Waals surface area (Å²) in [5, 5.41) is 3.41. The van der Waals surface area contributed by atoms with Crippen LogP contribution in [0.15, 0.2) is 46.9 Å². The van der Waals surface area contributed by atoms with Crippen LogP contribution < -0.4 is 27.2 Å². The second kappa shape index (κ2) is 8.93. The molecule has 2 aromatic rings. The van der Waals surface area contributed by atoms with E-state index in [1.54, 1.807) is 14.2 Å². The molecule has 0 aliphatic rings. The van der Waals surface area contributed by atoms with E-state index in [2.05, 4.69) is 33.4 Å². The summed E-state index contributed by atoms with van der Waals surface area (Å²) in [6.45, 7) is 1.49. The molecule has 0 unspecified atom stereocenters. The Hall–Kier alpha value is -1.23. The van der Waals surface area contributed by atoms with E-state index in [9.17, 15) is 0 Å². The molecule has 0 radical (unpaired) electrons. The second-order valence-corrected chi connectivity index (χ2v) is 5.29. The Labute approximate surface area is 140 Å². The molecule has 21 heavy (non-hydrogen) atoms. The van der Waals surface area contributed by atoms with Gasteiger partial charge in [-0.2, -0.15) is 0 Å². The Morgan fingerprint density at radius 1 is 0.905 bits per heavy atom. The number of ether oxygens (including phenoxy) is 2. The van der Waals surface area contributed by atoms with Gasteiger partial charge in [0, 0.05) is 28.7 Å². The summed E-state index contributed by atoms with van der Waals surface area (Å²) in [7, 11) is 3.38. The lowest BCUT2D eigenvalue weighted by Gasteiger charge is -2.12. The molecule has 0 aliphatic carbocycles. The monoisotopic (exact) mass is 370 g/mol. The third-order valence-electron chi connectivity index (χ3n) is 3.07. The molecule has 5 heteroatoms. The molecule has 0 aliphatic heterocycles. The van der Waals surface area contributed by atoms with Crippen molar-refractivity contribution in [2.45, 2.75) is 13.1 Å². The lowest BCUT2D eigenvalue weighted by molar-refractivity contribution is -0.00000455. The first-order chi connectivity index (χ1) is 9.74. The summed E-state index contributed by atoms with van der Waals surface area (Å²) < 4.78 is 11.8. The molecule has 3 nitrogen and oxygen atoms in total. The van der Waals surface area contributed by atoms with E-state index in [4.69, 9.17) is 9.47 Å². The Balaban J connectivity index is 0.00000220. The van der Waals surface area contributed by atoms with Crippen LogP contribution in [0.3, 0.4) is 0 Å². The van der Waals surface area contributed by atoms with E-state index in [1.165, 1.54) is 0 Å². The molecule has 0 fully saturated rings. The minimum absolute atomic E-state index is 0. The van der Waals surface area contributed by atoms with Crippen LogP contribution in [-0.2, 0) is 13.1 Å². The van der Waals surface area contributed by atoms with Crippen LogP contribution in [0.2, 0.25) is 0 Å². The summed E-state index contributed by atoms with van der Waals surface area (Å²) >= 11 is 3.48. The van der Waals surface area contributed by atoms with E-state index in [1.807, 2.05) is 30.3 Å². The van der Waals surface area contributed by atoms with Crippen molar-refractivity contribution in [3.63, 3.8) is 0 Å². The van der Waals surface area contributed by atoms with Crippen molar-refractivity contribution in [2.75, 3.05) is 14.2 Å². The summed E-state index contributed by atoms with van der Waals surface area (Å²) in [5.74, 6) is 1.79. The molecule has 0 atom stereocenters. The first-order valence-corrected chi connectivity index (χ1v) is 7.19. The zero-order valence-corrected chi connectivity index (χ0v) is 14.4. The van der Waals surface area contributed by atoms with Crippen LogP contribution in [0.1, 0.15) is 11.1 Å². The highest BCUT2D eigenvalue weighted by Crippen LogP contribution is 2.23. The molecule has 0 amide bonds. The van der Waals surface area contributed by atoms with Gasteiger partial charge in [-0.25, -0.2) is 0 Å². The highest BCUT2D eigenvalue weighted by atomic mass is 79.9. The number of halogens is 2. The summed E-state index contributed by atoms with van der Waals surface area (Å²) in [6.07, 6.45) is 0. The van der Waals surface area contributed by atoms with Gasteiger partial charge in [0.05, 0.1) is 14.2 Å². The van der Waals surface area contributed by atoms with Crippen LogP contribution in [-0.4, -0.2) is 14.2 Å². The lowest BCUT2D eigenvalue weighted by Crippen LogP contribution is -3.00. The van der Waals surface area contributed by atoms with Crippen molar-refractivity contribution in [1.29, 1.82) is 0 Å². The fourth-order valence-corrected chi connectivity index (χ4v) is 2.47. The maximum Gasteiger partial charge on any atom is 0.123 e. The van der Waals surface area contributed by atoms with Gasteiger partial charge in [-0.15, -0.1) is 0 Å². The molecule has 0 bridgehead atoms. The van der Waals surface area contributed by atoms with Crippen LogP contribution in [0, 0.1) is 0 Å². The summed E-state index contributed by atoms with van der Waals surface area (Å²) in [6, 6.07) is 14.0. The molecule has 0 aromatic heterocycles. The fourth-order valence-electron chi connectivity index (χ4n) is 2.07. The minimum Gasteiger partial charge on any atom is -1.00 e. The number of rotatable bonds is 6. The first-order valence-electron chi connectivity index (χ1n) is 6.39. The number of hydrogen-bond donors (Lipinski definition) is 1. The molecule has 0 heterocycles. The van der Waals surface area contributed by atoms with E-state index in [-0.39, 0.29) is 12.4 Å². The molecular weight excluding hydrogens is 354 g/mol. The van der Waals surface area contributed by atoms with Crippen molar-refractivity contribution >= 4 is 15.9 Å². The van der Waals surface area contributed by atoms with Crippen molar-refractivity contribution in [3.05, 3.63) is 58.1 Å². The normalized spacial score (nSPS) is 9.86. The van der Waals surface area contributed by atoms with Gasteiger partial charge in [-0.3, -0.25) is 0 Å². The molecule has 2 rings (SSSR count). The van der Waals surface area contributed by atoms with Crippen LogP contribution in [0.25, 0.3) is 0 Å². The maximum atomic E-state index is 5.36. The Kier molecular flexibility index (Phi) is 7.57. The van der Waals surface area contributed by atoms with Gasteiger partial charge in [0.25, 0.3) is 0 Å². The first kappa shape index (κ1) is 17.8. The van der Waals surface area contributed by atoms with Gasteiger partial charge >= 0.3 is 0 Å². The Bertz CT molecular complexity index is 578. The van der Waals surface area contributed by atoms with Crippen molar-refractivity contribution in [2.24, 2.45) is 0 Å². The highest BCUT2D eigenvalue weighted by Gasteiger charge is 2.05. The molecule has 0 spiro atoms. The Morgan fingerprint density at radius 3 is 2.24 bits per heavy atom. The Morgan fingerprint density at radius 2 is 1.52 bits per heavy atom. The largest absolute Gasteiger partial charge is 1.00 e. The molecule has 0 saturated heterocycles. The van der Waals surface area contributed by atoms with Gasteiger partial charge in [0.1, 0.15) is 11.5 Å². The predicted octanol–water partition coefficient (Wildman–Crippen LogP) is 0.760. The van der Waals surface area contributed by atoms with E-state index in [0.717, 1.165) is 40.2 Å². The van der Waals surface area contributed by atoms with Gasteiger partial charge in [-0.05, 0) is 24.3 Å². The SMILES string of the molecule is COc1ccccc1CNCc1cc(Br)ccc1OC.[Cl-]. The van der Waals surface area contributed by atoms with Gasteiger partial charge in [0.2, 0.25) is 0 Å². The zero-order valence-electron chi connectivity index (χ0n) is 12.0. The van der Waals surface area contributed by atoms with Crippen molar-refractivity contribution < 1.29 is 21.9 Å². The van der Waals surface area contributed by atoms with Crippen molar-refractivity contribution in [1.82, 2.24) is 5.32 Å². The quantitative estimate of drug-likeness (QED) is 0.813. The van der Waals surface area contributed by atoms with Crippen LogP contribution in [0.5, 0.6) is 11.5 Å². The summed E-state index contributed by atoms with van der Waals surface area (Å²) in [4.78, 5) is 0. The minimum atomic E-state index is 0. The molecule has 1 N–H and O–H groups in total. The van der Waals surface area contributed by atoms with Gasteiger partial charge in [0.15, 0.2) is 0 Å². The van der Waals surface area contributed by atoms with E-state index < -0.39 is 0 Å². The third-order valence-corrected chi connectivity index (χ3v) is 3.56. The smallest absolute Gasteiger partial charge is 0.123 e. The predicted molar refractivity (Wildman–Crippen MR) is 84.2 cm³/mol. The number of hydrogen-bond acceptors (Lipinski definition) is 3. The van der Waals surface area contributed by atoms with E-state index in [0.29, 0.717) is 0 Å². The highest BCUT2D eigenvalue weighted by molar-refractivity contribution is 9.10. The molecule has 0 saturated carbocycles. The number of benzene rings is 2. The van der Waals surface area contributed by atoms with Gasteiger partial charge < -0.3 is 27.2 Å². The maximum absolute atomic E-state index is 5.36. The molecular formula is C16H18BrClNO2-. The molecule has 2 aromatic carbocycles. The second-order valence-electron chi connectivity index (χ2n) is 4.37. The third kappa shape index (κ3) is 4.92. The van der Waals surface area contributed by atoms with Crippen molar-refractivity contribution in [3.8, 4) is 11.5 Å². The average Bonchev–Trinajstić information content (AvgIpc) is 2.48. The molecule has 114 valence electrons. The average molecular weight is 372 g/mol. The van der Waals surface area contributed by atoms with E-state index >= 15 is 0 Å². The number of para-hydroxylation sites is 1. The lowest BCUT2D eigenvalue weighted by atomic mass is 10.1. The van der Waals surface area contributed by atoms with Crippen LogP contribution in [0.4, 0.5) is 0 Å². The zero-order chi connectivity index (χ0) is 14.4. The summed E-state index contributed by atoms with van der Waals surface area (Å²) in [5.41, 5.74) is 2.26. The number of nitrogens with one attached hydrogen (secondary N) is 1. The fraction of sp³-hybridized carbons (Fsp3) is 0.250. The topological polar surface area (TPSA) is 30.5 Å². The van der Waals surface area contributed by atoms with Crippen LogP contribution >= 0.6 is 15.9 Å². The number of methoxy groups -OCH3 is 2. The standard InChI is InChI=1S/C16H18BrNO2.ClH/c1-19-15-6-4-3-5-12(15)10-18-11-13-9-14(17)7-8-16(13)20-2;/h3-9,18H,10-11H2,1-2H3;1H/p-1. The van der Waals surface area contributed by atoms with Gasteiger partial charge in [-0.1, -0.05) is 34.1 Å².